The highest BCUT2D eigenvalue weighted by atomic mass is 16.5. The lowest BCUT2D eigenvalue weighted by Gasteiger charge is -2.28. The van der Waals surface area contributed by atoms with E-state index in [9.17, 15) is 14.7 Å². The van der Waals surface area contributed by atoms with E-state index >= 15 is 0 Å². The molecule has 0 fully saturated rings. The topological polar surface area (TPSA) is 104 Å². The molecule has 0 spiro atoms. The van der Waals surface area contributed by atoms with Gasteiger partial charge in [0, 0.05) is 39.4 Å². The van der Waals surface area contributed by atoms with Crippen LogP contribution in [0.1, 0.15) is 11.1 Å². The number of hydrogen-bond donors (Lipinski definition) is 1. The molecule has 0 amide bonds. The number of aromatic nitrogens is 4. The van der Waals surface area contributed by atoms with Crippen molar-refractivity contribution in [3.8, 4) is 11.5 Å². The molecule has 0 bridgehead atoms. The van der Waals surface area contributed by atoms with Crippen LogP contribution in [-0.4, -0.2) is 49.6 Å². The van der Waals surface area contributed by atoms with Gasteiger partial charge in [0.15, 0.2) is 22.7 Å². The SMILES string of the molecule is Cc1ccc(N(CCn2cnc3c2c(=O)n(C)c(=O)n3C)CC(O)COc2ccccc2OCc2ccccc2)cc1. The predicted molar refractivity (Wildman–Crippen MR) is 162 cm³/mol. The van der Waals surface area contributed by atoms with E-state index in [1.807, 2.05) is 90.7 Å². The molecule has 0 radical (unpaired) electrons. The molecule has 0 aliphatic carbocycles. The minimum absolute atomic E-state index is 0.0603. The summed E-state index contributed by atoms with van der Waals surface area (Å²) in [6, 6.07) is 25.4. The molecule has 5 aromatic rings. The normalized spacial score (nSPS) is 11.9. The highest BCUT2D eigenvalue weighted by Gasteiger charge is 2.18. The van der Waals surface area contributed by atoms with Crippen LogP contribution >= 0.6 is 0 Å². The zero-order chi connectivity index (χ0) is 29.6. The van der Waals surface area contributed by atoms with Crippen molar-refractivity contribution in [3.63, 3.8) is 0 Å². The highest BCUT2D eigenvalue weighted by molar-refractivity contribution is 5.70. The van der Waals surface area contributed by atoms with Gasteiger partial charge in [-0.3, -0.25) is 13.9 Å². The number of anilines is 1. The maximum atomic E-state index is 12.9. The van der Waals surface area contributed by atoms with Crippen molar-refractivity contribution in [3.05, 3.63) is 117 Å². The molecule has 1 N–H and O–H groups in total. The van der Waals surface area contributed by atoms with Gasteiger partial charge in [-0.05, 0) is 36.8 Å². The molecule has 1 atom stereocenters. The number of imidazole rings is 1. The second kappa shape index (κ2) is 12.8. The zero-order valence-electron chi connectivity index (χ0n) is 24.0. The Morgan fingerprint density at radius 3 is 2.26 bits per heavy atom. The first-order valence-corrected chi connectivity index (χ1v) is 13.8. The smallest absolute Gasteiger partial charge is 0.332 e. The molecule has 5 rings (SSSR count). The Bertz CT molecular complexity index is 1760. The Morgan fingerprint density at radius 1 is 0.881 bits per heavy atom. The molecule has 0 aliphatic heterocycles. The second-order valence-electron chi connectivity index (χ2n) is 10.3. The van der Waals surface area contributed by atoms with Gasteiger partial charge in [0.1, 0.15) is 19.3 Å². The Hall–Kier alpha value is -4.83. The van der Waals surface area contributed by atoms with E-state index < -0.39 is 17.4 Å². The molecular formula is C32H35N5O5. The van der Waals surface area contributed by atoms with E-state index in [4.69, 9.17) is 9.47 Å². The third kappa shape index (κ3) is 6.39. The van der Waals surface area contributed by atoms with Crippen molar-refractivity contribution in [2.24, 2.45) is 14.1 Å². The maximum absolute atomic E-state index is 12.9. The van der Waals surface area contributed by atoms with Crippen LogP contribution in [0.25, 0.3) is 11.2 Å². The fourth-order valence-corrected chi connectivity index (χ4v) is 4.79. The van der Waals surface area contributed by atoms with Gasteiger partial charge in [-0.2, -0.15) is 0 Å². The minimum Gasteiger partial charge on any atom is -0.487 e. The molecule has 218 valence electrons. The number of aryl methyl sites for hydroxylation is 2. The first-order valence-electron chi connectivity index (χ1n) is 13.8. The Labute approximate surface area is 243 Å². The van der Waals surface area contributed by atoms with E-state index in [2.05, 4.69) is 4.98 Å². The van der Waals surface area contributed by atoms with Gasteiger partial charge in [0.2, 0.25) is 0 Å². The van der Waals surface area contributed by atoms with Gasteiger partial charge in [0.25, 0.3) is 5.56 Å². The van der Waals surface area contributed by atoms with Gasteiger partial charge in [-0.15, -0.1) is 0 Å². The molecular weight excluding hydrogens is 534 g/mol. The van der Waals surface area contributed by atoms with Crippen LogP contribution < -0.4 is 25.6 Å². The van der Waals surface area contributed by atoms with Crippen LogP contribution in [0.5, 0.6) is 11.5 Å². The summed E-state index contributed by atoms with van der Waals surface area (Å²) in [5.41, 5.74) is 2.98. The lowest BCUT2D eigenvalue weighted by Crippen LogP contribution is -2.39. The van der Waals surface area contributed by atoms with Gasteiger partial charge in [-0.1, -0.05) is 60.2 Å². The average molecular weight is 570 g/mol. The number of ether oxygens (including phenoxy) is 2. The van der Waals surface area contributed by atoms with Crippen LogP contribution in [0, 0.1) is 6.92 Å². The number of fused-ring (bicyclic) bond motifs is 1. The van der Waals surface area contributed by atoms with Gasteiger partial charge >= 0.3 is 5.69 Å². The molecule has 10 nitrogen and oxygen atoms in total. The number of rotatable bonds is 12. The summed E-state index contributed by atoms with van der Waals surface area (Å²) in [5.74, 6) is 1.16. The van der Waals surface area contributed by atoms with E-state index in [1.54, 1.807) is 17.9 Å². The van der Waals surface area contributed by atoms with Crippen molar-refractivity contribution in [1.82, 2.24) is 18.7 Å². The fourth-order valence-electron chi connectivity index (χ4n) is 4.79. The fraction of sp³-hybridized carbons (Fsp3) is 0.281. The Morgan fingerprint density at radius 2 is 1.55 bits per heavy atom. The summed E-state index contributed by atoms with van der Waals surface area (Å²) in [7, 11) is 3.06. The van der Waals surface area contributed by atoms with Crippen molar-refractivity contribution in [2.75, 3.05) is 24.6 Å². The monoisotopic (exact) mass is 569 g/mol. The third-order valence-corrected chi connectivity index (χ3v) is 7.18. The van der Waals surface area contributed by atoms with Crippen LogP contribution in [0.15, 0.2) is 94.8 Å². The first-order chi connectivity index (χ1) is 20.3. The summed E-state index contributed by atoms with van der Waals surface area (Å²) in [4.78, 5) is 31.6. The summed E-state index contributed by atoms with van der Waals surface area (Å²) in [6.07, 6.45) is 0.756. The van der Waals surface area contributed by atoms with Gasteiger partial charge < -0.3 is 24.0 Å². The maximum Gasteiger partial charge on any atom is 0.332 e. The van der Waals surface area contributed by atoms with Crippen molar-refractivity contribution in [1.29, 1.82) is 0 Å². The molecule has 0 saturated carbocycles. The van der Waals surface area contributed by atoms with E-state index in [1.165, 1.54) is 11.6 Å². The number of benzene rings is 3. The van der Waals surface area contributed by atoms with Crippen LogP contribution in [0.4, 0.5) is 5.69 Å². The van der Waals surface area contributed by atoms with Gasteiger partial charge in [0.05, 0.1) is 6.33 Å². The standard InChI is InChI=1S/C32H35N5O5/c1-23-13-15-25(16-14-23)36(17-18-37-22-33-30-29(37)31(39)35(3)32(40)34(30)2)19-26(38)21-42-28-12-8-7-11-27(28)41-20-24-9-5-4-6-10-24/h4-16,22,26,38H,17-21H2,1-3H3. The van der Waals surface area contributed by atoms with Gasteiger partial charge in [-0.25, -0.2) is 9.78 Å². The quantitative estimate of drug-likeness (QED) is 0.246. The molecule has 2 aromatic heterocycles. The number of hydrogen-bond acceptors (Lipinski definition) is 7. The van der Waals surface area contributed by atoms with E-state index in [-0.39, 0.29) is 6.61 Å². The zero-order valence-corrected chi connectivity index (χ0v) is 24.0. The summed E-state index contributed by atoms with van der Waals surface area (Å²) in [6.45, 7) is 3.68. The highest BCUT2D eigenvalue weighted by Crippen LogP contribution is 2.27. The molecule has 2 heterocycles. The lowest BCUT2D eigenvalue weighted by atomic mass is 10.2. The first kappa shape index (κ1) is 28.7. The van der Waals surface area contributed by atoms with Crippen LogP contribution in [0.3, 0.4) is 0 Å². The largest absolute Gasteiger partial charge is 0.487 e. The van der Waals surface area contributed by atoms with Crippen molar-refractivity contribution < 1.29 is 14.6 Å². The molecule has 1 unspecified atom stereocenters. The van der Waals surface area contributed by atoms with Crippen molar-refractivity contribution >= 4 is 16.9 Å². The molecule has 10 heteroatoms. The summed E-state index contributed by atoms with van der Waals surface area (Å²) in [5, 5.41) is 11.1. The number of nitrogens with zero attached hydrogens (tertiary/aromatic N) is 5. The molecule has 42 heavy (non-hydrogen) atoms. The lowest BCUT2D eigenvalue weighted by molar-refractivity contribution is 0.109. The second-order valence-corrected chi connectivity index (χ2v) is 10.3. The van der Waals surface area contributed by atoms with Crippen LogP contribution in [0.2, 0.25) is 0 Å². The minimum atomic E-state index is -0.818. The Kier molecular flexibility index (Phi) is 8.73. The number of aliphatic hydroxyl groups is 1. The van der Waals surface area contributed by atoms with Crippen LogP contribution in [-0.2, 0) is 27.2 Å². The molecule has 0 aliphatic rings. The number of aliphatic hydroxyl groups excluding tert-OH is 1. The average Bonchev–Trinajstić information content (AvgIpc) is 3.44. The summed E-state index contributed by atoms with van der Waals surface area (Å²) < 4.78 is 16.2. The van der Waals surface area contributed by atoms with E-state index in [0.29, 0.717) is 48.9 Å². The predicted octanol–water partition coefficient (Wildman–Crippen LogP) is 3.27. The third-order valence-electron chi connectivity index (χ3n) is 7.18. The van der Waals surface area contributed by atoms with E-state index in [0.717, 1.165) is 21.4 Å². The molecule has 0 saturated heterocycles. The Balaban J connectivity index is 1.28. The summed E-state index contributed by atoms with van der Waals surface area (Å²) >= 11 is 0. The van der Waals surface area contributed by atoms with Crippen molar-refractivity contribution in [2.45, 2.75) is 26.2 Å². The molecule has 3 aromatic carbocycles. The number of para-hydroxylation sites is 2.